The van der Waals surface area contributed by atoms with E-state index in [-0.39, 0.29) is 15.5 Å². The van der Waals surface area contributed by atoms with Crippen LogP contribution < -0.4 is 0 Å². The average Bonchev–Trinajstić information content (AvgIpc) is 2.39. The minimum atomic E-state index is -3.20. The number of aromatic carboxylic acids is 1. The van der Waals surface area contributed by atoms with Crippen LogP contribution in [0.5, 0.6) is 0 Å². The van der Waals surface area contributed by atoms with Crippen LogP contribution in [0.3, 0.4) is 0 Å². The van der Waals surface area contributed by atoms with Gasteiger partial charge in [-0.3, -0.25) is 0 Å². The number of benzene rings is 1. The molecule has 5 nitrogen and oxygen atoms in total. The van der Waals surface area contributed by atoms with Gasteiger partial charge in [0.2, 0.25) is 0 Å². The molecule has 0 saturated heterocycles. The first kappa shape index (κ1) is 13.2. The van der Waals surface area contributed by atoms with Crippen molar-refractivity contribution in [2.24, 2.45) is 0 Å². The molecule has 0 aliphatic rings. The molecule has 2 aromatic rings. The van der Waals surface area contributed by atoms with Crippen LogP contribution >= 0.6 is 0 Å². The van der Waals surface area contributed by atoms with Crippen molar-refractivity contribution in [3.63, 3.8) is 0 Å². The molecule has 1 aromatic carbocycles. The van der Waals surface area contributed by atoms with E-state index in [4.69, 9.17) is 9.89 Å². The first-order valence-corrected chi connectivity index (χ1v) is 7.02. The molecule has 0 amide bonds. The molecule has 0 aliphatic carbocycles. The minimum absolute atomic E-state index is 0.0933. The quantitative estimate of drug-likeness (QED) is 0.901. The Labute approximate surface area is 110 Å². The third kappa shape index (κ3) is 2.63. The van der Waals surface area contributed by atoms with Crippen LogP contribution in [-0.2, 0) is 9.73 Å². The van der Waals surface area contributed by atoms with Gasteiger partial charge in [-0.1, -0.05) is 6.07 Å². The Hall–Kier alpha value is -2.21. The fourth-order valence-electron chi connectivity index (χ4n) is 1.53. The van der Waals surface area contributed by atoms with E-state index in [1.165, 1.54) is 24.3 Å². The van der Waals surface area contributed by atoms with Gasteiger partial charge in [-0.25, -0.2) is 18.8 Å². The van der Waals surface area contributed by atoms with Crippen LogP contribution in [0.1, 0.15) is 15.9 Å². The van der Waals surface area contributed by atoms with E-state index in [2.05, 4.69) is 4.98 Å². The van der Waals surface area contributed by atoms with Crippen molar-refractivity contribution in [2.75, 3.05) is 0 Å². The summed E-state index contributed by atoms with van der Waals surface area (Å²) in [6.45, 7) is 1.85. The highest BCUT2D eigenvalue weighted by Gasteiger charge is 2.15. The number of hydrogen-bond donors (Lipinski definition) is 2. The lowest BCUT2D eigenvalue weighted by Gasteiger charge is -2.07. The normalized spacial score (nSPS) is 13.7. The molecule has 2 N–H and O–H groups in total. The van der Waals surface area contributed by atoms with Gasteiger partial charge in [0.05, 0.1) is 10.5 Å². The Bertz CT molecular complexity index is 705. The minimum Gasteiger partial charge on any atom is -0.478 e. The number of nitrogens with zero attached hydrogens (tertiary/aromatic N) is 1. The van der Waals surface area contributed by atoms with Gasteiger partial charge in [0, 0.05) is 6.20 Å². The summed E-state index contributed by atoms with van der Waals surface area (Å²) in [7, 11) is -3.20. The topological polar surface area (TPSA) is 91.1 Å². The number of carbonyl (C=O) groups is 1. The Morgan fingerprint density at radius 3 is 2.32 bits per heavy atom. The maximum absolute atomic E-state index is 12.4. The maximum Gasteiger partial charge on any atom is 0.335 e. The largest absolute Gasteiger partial charge is 0.478 e. The fraction of sp³-hybridized carbons (Fsp3) is 0.0769. The summed E-state index contributed by atoms with van der Waals surface area (Å²) in [5.74, 6) is -1.06. The molecule has 0 fully saturated rings. The number of pyridine rings is 1. The Kier molecular flexibility index (Phi) is 3.35. The summed E-state index contributed by atoms with van der Waals surface area (Å²) >= 11 is 0. The molecule has 1 aromatic heterocycles. The van der Waals surface area contributed by atoms with E-state index in [0.29, 0.717) is 0 Å². The maximum atomic E-state index is 12.4. The van der Waals surface area contributed by atoms with Crippen LogP contribution in [0.2, 0.25) is 0 Å². The van der Waals surface area contributed by atoms with Gasteiger partial charge in [-0.15, -0.1) is 0 Å². The standard InChI is InChI=1S/C13H12N2O3S/c1-9-2-7-12(15-8-9)19(14,18)11-5-3-10(4-6-11)13(16)17/h2-8,14H,1H3,(H,16,17). The molecule has 0 spiro atoms. The van der Waals surface area contributed by atoms with E-state index in [9.17, 15) is 9.00 Å². The molecule has 0 aliphatic heterocycles. The first-order chi connectivity index (χ1) is 8.91. The van der Waals surface area contributed by atoms with Crippen molar-refractivity contribution < 1.29 is 14.1 Å². The van der Waals surface area contributed by atoms with Crippen molar-refractivity contribution >= 4 is 15.7 Å². The van der Waals surface area contributed by atoms with Gasteiger partial charge in [0.25, 0.3) is 0 Å². The first-order valence-electron chi connectivity index (χ1n) is 5.46. The Morgan fingerprint density at radius 1 is 1.21 bits per heavy atom. The summed E-state index contributed by atoms with van der Waals surface area (Å²) in [6, 6.07) is 8.73. The van der Waals surface area contributed by atoms with Crippen LogP contribution in [-0.4, -0.2) is 20.3 Å². The number of carboxylic acid groups (broad SMARTS) is 1. The van der Waals surface area contributed by atoms with Crippen molar-refractivity contribution in [2.45, 2.75) is 16.8 Å². The molecular weight excluding hydrogens is 264 g/mol. The van der Waals surface area contributed by atoms with Gasteiger partial charge in [-0.2, -0.15) is 0 Å². The number of aromatic nitrogens is 1. The lowest BCUT2D eigenvalue weighted by atomic mass is 10.2. The highest BCUT2D eigenvalue weighted by atomic mass is 32.2. The van der Waals surface area contributed by atoms with Crippen molar-refractivity contribution in [1.29, 1.82) is 4.78 Å². The predicted octanol–water partition coefficient (Wildman–Crippen LogP) is 2.55. The zero-order valence-corrected chi connectivity index (χ0v) is 11.0. The van der Waals surface area contributed by atoms with E-state index < -0.39 is 15.7 Å². The SMILES string of the molecule is Cc1ccc(S(=N)(=O)c2ccc(C(=O)O)cc2)nc1. The molecule has 0 bridgehead atoms. The molecule has 1 unspecified atom stereocenters. The third-order valence-corrected chi connectivity index (χ3v) is 4.38. The van der Waals surface area contributed by atoms with Crippen LogP contribution in [0.25, 0.3) is 0 Å². The zero-order chi connectivity index (χ0) is 14.0. The zero-order valence-electron chi connectivity index (χ0n) is 10.2. The van der Waals surface area contributed by atoms with Gasteiger partial charge in [0.1, 0.15) is 14.8 Å². The summed E-state index contributed by atoms with van der Waals surface area (Å²) < 4.78 is 20.4. The molecule has 98 valence electrons. The average molecular weight is 276 g/mol. The van der Waals surface area contributed by atoms with Crippen molar-refractivity contribution in [3.05, 3.63) is 53.7 Å². The molecule has 2 rings (SSSR count). The van der Waals surface area contributed by atoms with Crippen LogP contribution in [0.15, 0.2) is 52.5 Å². The number of aryl methyl sites for hydroxylation is 1. The molecule has 19 heavy (non-hydrogen) atoms. The highest BCUT2D eigenvalue weighted by Crippen LogP contribution is 2.20. The van der Waals surface area contributed by atoms with Gasteiger partial charge < -0.3 is 5.11 Å². The number of rotatable bonds is 3. The van der Waals surface area contributed by atoms with Crippen LogP contribution in [0, 0.1) is 11.7 Å². The summed E-state index contributed by atoms with van der Waals surface area (Å²) in [5, 5.41) is 8.96. The van der Waals surface area contributed by atoms with Gasteiger partial charge >= 0.3 is 5.97 Å². The summed E-state index contributed by atoms with van der Waals surface area (Å²) in [6.07, 6.45) is 1.55. The van der Waals surface area contributed by atoms with Crippen molar-refractivity contribution in [1.82, 2.24) is 4.98 Å². The van der Waals surface area contributed by atoms with Gasteiger partial charge in [0.15, 0.2) is 0 Å². The number of hydrogen-bond acceptors (Lipinski definition) is 4. The van der Waals surface area contributed by atoms with E-state index in [1.807, 2.05) is 6.92 Å². The monoisotopic (exact) mass is 276 g/mol. The number of carboxylic acids is 1. The predicted molar refractivity (Wildman–Crippen MR) is 69.8 cm³/mol. The number of nitrogens with one attached hydrogen (secondary N) is 1. The summed E-state index contributed by atoms with van der Waals surface area (Å²) in [5.41, 5.74) is 1.01. The second-order valence-corrected chi connectivity index (χ2v) is 6.06. The molecule has 6 heteroatoms. The van der Waals surface area contributed by atoms with Gasteiger partial charge in [-0.05, 0) is 42.8 Å². The molecular formula is C13H12N2O3S. The lowest BCUT2D eigenvalue weighted by Crippen LogP contribution is -2.04. The molecule has 0 radical (unpaired) electrons. The third-order valence-electron chi connectivity index (χ3n) is 2.61. The Balaban J connectivity index is 2.44. The van der Waals surface area contributed by atoms with E-state index in [0.717, 1.165) is 5.56 Å². The highest BCUT2D eigenvalue weighted by molar-refractivity contribution is 7.92. The summed E-state index contributed by atoms with van der Waals surface area (Å²) in [4.78, 5) is 15.0. The molecule has 1 atom stereocenters. The fourth-order valence-corrected chi connectivity index (χ4v) is 2.76. The lowest BCUT2D eigenvalue weighted by molar-refractivity contribution is 0.0697. The van der Waals surface area contributed by atoms with E-state index >= 15 is 0 Å². The smallest absolute Gasteiger partial charge is 0.335 e. The molecule has 0 saturated carbocycles. The second kappa shape index (κ2) is 4.81. The molecule has 1 heterocycles. The van der Waals surface area contributed by atoms with E-state index in [1.54, 1.807) is 18.3 Å². The second-order valence-electron chi connectivity index (χ2n) is 4.06. The Morgan fingerprint density at radius 2 is 1.84 bits per heavy atom. The van der Waals surface area contributed by atoms with Crippen LogP contribution in [0.4, 0.5) is 0 Å². The van der Waals surface area contributed by atoms with Crippen molar-refractivity contribution in [3.8, 4) is 0 Å².